The zero-order valence-electron chi connectivity index (χ0n) is 15.1. The molecule has 0 aliphatic heterocycles. The molecule has 24 heavy (non-hydrogen) atoms. The van der Waals surface area contributed by atoms with Crippen LogP contribution in [0.3, 0.4) is 0 Å². The molecule has 0 saturated heterocycles. The average molecular weight is 324 g/mol. The Hall–Kier alpha value is -2.79. The van der Waals surface area contributed by atoms with Gasteiger partial charge in [-0.2, -0.15) is 10.5 Å². The number of aliphatic imine (C=N–C) groups is 1. The SMILES string of the molecule is CC(C)(C)c1cc(C=NC(C#N)=C(N)C#N)cc(C(C)(C)C)c1O. The maximum absolute atomic E-state index is 10.7. The molecular formula is C19H24N4O. The van der Waals surface area contributed by atoms with E-state index in [2.05, 4.69) is 4.99 Å². The third kappa shape index (κ3) is 4.36. The summed E-state index contributed by atoms with van der Waals surface area (Å²) in [5, 5.41) is 28.5. The Morgan fingerprint density at radius 2 is 1.50 bits per heavy atom. The molecule has 0 aromatic heterocycles. The molecule has 0 saturated carbocycles. The number of aromatic hydroxyl groups is 1. The van der Waals surface area contributed by atoms with E-state index in [1.54, 1.807) is 6.07 Å². The van der Waals surface area contributed by atoms with Crippen molar-refractivity contribution in [3.63, 3.8) is 0 Å². The van der Waals surface area contributed by atoms with Crippen LogP contribution < -0.4 is 5.73 Å². The number of nitriles is 2. The molecule has 1 aromatic carbocycles. The van der Waals surface area contributed by atoms with E-state index in [1.807, 2.05) is 59.7 Å². The number of phenolic OH excluding ortho intramolecular Hbond substituents is 1. The summed E-state index contributed by atoms with van der Waals surface area (Å²) in [5.41, 5.74) is 6.93. The molecule has 0 amide bonds. The van der Waals surface area contributed by atoms with E-state index < -0.39 is 0 Å². The van der Waals surface area contributed by atoms with Crippen molar-refractivity contribution in [2.45, 2.75) is 52.4 Å². The molecule has 0 atom stereocenters. The molecule has 1 aromatic rings. The summed E-state index contributed by atoms with van der Waals surface area (Å²) in [7, 11) is 0. The summed E-state index contributed by atoms with van der Waals surface area (Å²) in [6.45, 7) is 12.1. The summed E-state index contributed by atoms with van der Waals surface area (Å²) >= 11 is 0. The fourth-order valence-electron chi connectivity index (χ4n) is 2.23. The van der Waals surface area contributed by atoms with Crippen LogP contribution in [0.4, 0.5) is 0 Å². The molecular weight excluding hydrogens is 300 g/mol. The number of nitrogens with zero attached hydrogens (tertiary/aromatic N) is 3. The number of rotatable bonds is 2. The van der Waals surface area contributed by atoms with Gasteiger partial charge in [0.1, 0.15) is 23.6 Å². The molecule has 5 heteroatoms. The van der Waals surface area contributed by atoms with Crippen molar-refractivity contribution in [3.05, 3.63) is 40.2 Å². The number of phenols is 1. The molecule has 0 radical (unpaired) electrons. The van der Waals surface area contributed by atoms with E-state index in [1.165, 1.54) is 6.21 Å². The highest BCUT2D eigenvalue weighted by molar-refractivity contribution is 5.82. The Labute approximate surface area is 143 Å². The van der Waals surface area contributed by atoms with Crippen LogP contribution in [-0.2, 0) is 10.8 Å². The van der Waals surface area contributed by atoms with Gasteiger partial charge in [-0.25, -0.2) is 4.99 Å². The van der Waals surface area contributed by atoms with Gasteiger partial charge in [0, 0.05) is 17.3 Å². The van der Waals surface area contributed by atoms with Crippen LogP contribution in [0, 0.1) is 22.7 Å². The molecule has 0 bridgehead atoms. The van der Waals surface area contributed by atoms with Crippen molar-refractivity contribution in [3.8, 4) is 17.9 Å². The molecule has 0 heterocycles. The Bertz CT molecular complexity index is 741. The molecule has 0 aliphatic carbocycles. The number of nitrogens with two attached hydrogens (primary N) is 1. The van der Waals surface area contributed by atoms with Crippen LogP contribution in [0.1, 0.15) is 58.2 Å². The maximum Gasteiger partial charge on any atom is 0.174 e. The highest BCUT2D eigenvalue weighted by atomic mass is 16.3. The van der Waals surface area contributed by atoms with Gasteiger partial charge in [0.05, 0.1) is 0 Å². The van der Waals surface area contributed by atoms with Gasteiger partial charge < -0.3 is 10.8 Å². The molecule has 0 aliphatic rings. The number of hydrogen-bond acceptors (Lipinski definition) is 5. The molecule has 0 spiro atoms. The van der Waals surface area contributed by atoms with Crippen molar-refractivity contribution in [1.82, 2.24) is 0 Å². The van der Waals surface area contributed by atoms with Crippen LogP contribution in [0.2, 0.25) is 0 Å². The predicted octanol–water partition coefficient (Wildman–Crippen LogP) is 3.62. The fraction of sp³-hybridized carbons (Fsp3) is 0.421. The van der Waals surface area contributed by atoms with Crippen molar-refractivity contribution in [1.29, 1.82) is 10.5 Å². The van der Waals surface area contributed by atoms with Crippen molar-refractivity contribution in [2.24, 2.45) is 10.7 Å². The molecule has 0 fully saturated rings. The summed E-state index contributed by atoms with van der Waals surface area (Å²) in [6, 6.07) is 7.20. The van der Waals surface area contributed by atoms with Gasteiger partial charge in [-0.3, -0.25) is 0 Å². The molecule has 3 N–H and O–H groups in total. The lowest BCUT2D eigenvalue weighted by molar-refractivity contribution is 0.423. The van der Waals surface area contributed by atoms with Gasteiger partial charge in [-0.05, 0) is 28.5 Å². The number of benzene rings is 1. The van der Waals surface area contributed by atoms with Crippen molar-refractivity contribution in [2.75, 3.05) is 0 Å². The van der Waals surface area contributed by atoms with Gasteiger partial charge in [0.15, 0.2) is 5.70 Å². The first-order valence-corrected chi connectivity index (χ1v) is 7.63. The van der Waals surface area contributed by atoms with Crippen molar-refractivity contribution < 1.29 is 5.11 Å². The van der Waals surface area contributed by atoms with Crippen molar-refractivity contribution >= 4 is 6.21 Å². The van der Waals surface area contributed by atoms with Gasteiger partial charge in [0.25, 0.3) is 0 Å². The lowest BCUT2D eigenvalue weighted by Gasteiger charge is -2.27. The van der Waals surface area contributed by atoms with Crippen LogP contribution in [0.25, 0.3) is 0 Å². The summed E-state index contributed by atoms with van der Waals surface area (Å²) in [5.74, 6) is 0.278. The lowest BCUT2D eigenvalue weighted by atomic mass is 9.78. The smallest absolute Gasteiger partial charge is 0.174 e. The second-order valence-corrected chi connectivity index (χ2v) is 7.71. The highest BCUT2D eigenvalue weighted by Crippen LogP contribution is 2.39. The Morgan fingerprint density at radius 1 is 1.04 bits per heavy atom. The first-order chi connectivity index (χ1) is 10.9. The minimum atomic E-state index is -0.256. The van der Waals surface area contributed by atoms with Gasteiger partial charge in [-0.1, -0.05) is 41.5 Å². The standard InChI is InChI=1S/C19H24N4O/c1-18(2,3)13-7-12(8-14(17(13)24)19(4,5)6)11-23-16(10-21)15(22)9-20/h7-8,11,24H,22H2,1-6H3. The first-order valence-electron chi connectivity index (χ1n) is 7.63. The molecule has 1 rings (SSSR count). The highest BCUT2D eigenvalue weighted by Gasteiger charge is 2.26. The summed E-state index contributed by atoms with van der Waals surface area (Å²) in [6.07, 6.45) is 1.49. The van der Waals surface area contributed by atoms with E-state index in [9.17, 15) is 5.11 Å². The quantitative estimate of drug-likeness (QED) is 0.640. The minimum Gasteiger partial charge on any atom is -0.507 e. The van der Waals surface area contributed by atoms with E-state index in [0.717, 1.165) is 16.7 Å². The van der Waals surface area contributed by atoms with Gasteiger partial charge in [0.2, 0.25) is 0 Å². The number of hydrogen-bond donors (Lipinski definition) is 2. The van der Waals surface area contributed by atoms with E-state index in [0.29, 0.717) is 0 Å². The van der Waals surface area contributed by atoms with Gasteiger partial charge >= 0.3 is 0 Å². The molecule has 0 unspecified atom stereocenters. The Morgan fingerprint density at radius 3 is 1.83 bits per heavy atom. The Kier molecular flexibility index (Phi) is 5.43. The van der Waals surface area contributed by atoms with Gasteiger partial charge in [-0.15, -0.1) is 0 Å². The second kappa shape index (κ2) is 6.76. The molecule has 126 valence electrons. The maximum atomic E-state index is 10.7. The van der Waals surface area contributed by atoms with E-state index in [-0.39, 0.29) is 28.0 Å². The normalized spacial score (nSPS) is 13.3. The lowest BCUT2D eigenvalue weighted by Crippen LogP contribution is -2.17. The first kappa shape index (κ1) is 19.3. The van der Waals surface area contributed by atoms with E-state index >= 15 is 0 Å². The largest absolute Gasteiger partial charge is 0.507 e. The van der Waals surface area contributed by atoms with Crippen LogP contribution >= 0.6 is 0 Å². The summed E-state index contributed by atoms with van der Waals surface area (Å²) < 4.78 is 0. The van der Waals surface area contributed by atoms with Crippen LogP contribution in [-0.4, -0.2) is 11.3 Å². The molecule has 5 nitrogen and oxygen atoms in total. The zero-order valence-corrected chi connectivity index (χ0v) is 15.1. The zero-order chi connectivity index (χ0) is 18.7. The average Bonchev–Trinajstić information content (AvgIpc) is 2.46. The third-order valence-electron chi connectivity index (χ3n) is 3.57. The Balaban J connectivity index is 3.58. The van der Waals surface area contributed by atoms with E-state index in [4.69, 9.17) is 16.3 Å². The predicted molar refractivity (Wildman–Crippen MR) is 95.5 cm³/mol. The monoisotopic (exact) mass is 324 g/mol. The summed E-state index contributed by atoms with van der Waals surface area (Å²) in [4.78, 5) is 4.02. The van der Waals surface area contributed by atoms with Crippen LogP contribution in [0.5, 0.6) is 5.75 Å². The minimum absolute atomic E-state index is 0.125. The second-order valence-electron chi connectivity index (χ2n) is 7.71. The van der Waals surface area contributed by atoms with Crippen LogP contribution in [0.15, 0.2) is 28.5 Å². The topological polar surface area (TPSA) is 106 Å². The number of allylic oxidation sites excluding steroid dienone is 2. The fourth-order valence-corrected chi connectivity index (χ4v) is 2.23. The third-order valence-corrected chi connectivity index (χ3v) is 3.57.